The van der Waals surface area contributed by atoms with Crippen LogP contribution in [0.1, 0.15) is 32.6 Å². The molecular weight excluding hydrogens is 176 g/mol. The third-order valence-electron chi connectivity index (χ3n) is 3.56. The summed E-state index contributed by atoms with van der Waals surface area (Å²) in [6.45, 7) is 2.31. The molecule has 0 saturated heterocycles. The second-order valence-corrected chi connectivity index (χ2v) is 4.45. The molecule has 2 heteroatoms. The summed E-state index contributed by atoms with van der Waals surface area (Å²) in [6.07, 6.45) is 9.14. The lowest BCUT2D eigenvalue weighted by Crippen LogP contribution is -2.08. The van der Waals surface area contributed by atoms with Gasteiger partial charge in [-0.15, -0.1) is 0 Å². The zero-order chi connectivity index (χ0) is 9.97. The molecule has 2 nitrogen and oxygen atoms in total. The average Bonchev–Trinajstić information content (AvgIpc) is 2.76. The van der Waals surface area contributed by atoms with Crippen molar-refractivity contribution in [3.63, 3.8) is 0 Å². The van der Waals surface area contributed by atoms with Gasteiger partial charge in [0.2, 0.25) is 0 Å². The van der Waals surface area contributed by atoms with E-state index >= 15 is 0 Å². The molecule has 0 unspecified atom stereocenters. The minimum atomic E-state index is -0.185. The first-order chi connectivity index (χ1) is 6.79. The van der Waals surface area contributed by atoms with Crippen molar-refractivity contribution in [2.24, 2.45) is 17.8 Å². The second kappa shape index (κ2) is 4.16. The standard InChI is InChI=1S/C12H18O2/c1-2-14-12(13)6-5-11-8-9-3-4-10(11)7-9/h5-6,9-11H,2-4,7-8H2,1H3/b6-5-/t9-,10-,11-/m0/s1. The van der Waals surface area contributed by atoms with E-state index in [1.54, 1.807) is 6.08 Å². The first-order valence-corrected chi connectivity index (χ1v) is 5.64. The maximum Gasteiger partial charge on any atom is 0.330 e. The van der Waals surface area contributed by atoms with E-state index in [0.717, 1.165) is 11.8 Å². The zero-order valence-electron chi connectivity index (χ0n) is 8.74. The van der Waals surface area contributed by atoms with Crippen LogP contribution in [0.25, 0.3) is 0 Å². The molecule has 0 aromatic heterocycles. The van der Waals surface area contributed by atoms with Gasteiger partial charge in [0.15, 0.2) is 0 Å². The van der Waals surface area contributed by atoms with Crippen LogP contribution in [0.3, 0.4) is 0 Å². The van der Waals surface area contributed by atoms with Crippen molar-refractivity contribution in [3.8, 4) is 0 Å². The van der Waals surface area contributed by atoms with Crippen LogP contribution in [0.15, 0.2) is 12.2 Å². The third-order valence-corrected chi connectivity index (χ3v) is 3.56. The van der Waals surface area contributed by atoms with E-state index < -0.39 is 0 Å². The van der Waals surface area contributed by atoms with Crippen molar-refractivity contribution in [3.05, 3.63) is 12.2 Å². The molecule has 0 aliphatic heterocycles. The molecule has 0 spiro atoms. The Morgan fingerprint density at radius 3 is 2.86 bits per heavy atom. The summed E-state index contributed by atoms with van der Waals surface area (Å²) in [4.78, 5) is 11.1. The molecule has 0 aromatic carbocycles. The van der Waals surface area contributed by atoms with E-state index in [-0.39, 0.29) is 5.97 Å². The Hall–Kier alpha value is -0.790. The van der Waals surface area contributed by atoms with Crippen LogP contribution in [0.4, 0.5) is 0 Å². The number of carbonyl (C=O) groups excluding carboxylic acids is 1. The molecule has 0 radical (unpaired) electrons. The summed E-state index contributed by atoms with van der Waals surface area (Å²) in [7, 11) is 0. The first-order valence-electron chi connectivity index (χ1n) is 5.64. The number of esters is 1. The van der Waals surface area contributed by atoms with E-state index in [9.17, 15) is 4.79 Å². The molecule has 2 saturated carbocycles. The van der Waals surface area contributed by atoms with Gasteiger partial charge in [-0.05, 0) is 43.9 Å². The Morgan fingerprint density at radius 1 is 1.43 bits per heavy atom. The highest BCUT2D eigenvalue weighted by Gasteiger charge is 2.37. The number of carbonyl (C=O) groups is 1. The fraction of sp³-hybridized carbons (Fsp3) is 0.750. The van der Waals surface area contributed by atoms with E-state index in [2.05, 4.69) is 6.08 Å². The van der Waals surface area contributed by atoms with Gasteiger partial charge in [0.25, 0.3) is 0 Å². The van der Waals surface area contributed by atoms with E-state index in [1.807, 2.05) is 6.92 Å². The normalized spacial score (nSPS) is 35.4. The van der Waals surface area contributed by atoms with Crippen molar-refractivity contribution in [2.75, 3.05) is 6.61 Å². The summed E-state index contributed by atoms with van der Waals surface area (Å²) in [5, 5.41) is 0. The number of ether oxygens (including phenoxy) is 1. The Bertz CT molecular complexity index is 245. The van der Waals surface area contributed by atoms with Crippen molar-refractivity contribution in [1.82, 2.24) is 0 Å². The summed E-state index contributed by atoms with van der Waals surface area (Å²) < 4.78 is 4.86. The smallest absolute Gasteiger partial charge is 0.330 e. The lowest BCUT2D eigenvalue weighted by Gasteiger charge is -2.17. The molecule has 3 atom stereocenters. The van der Waals surface area contributed by atoms with E-state index in [4.69, 9.17) is 4.74 Å². The maximum absolute atomic E-state index is 11.1. The Balaban J connectivity index is 1.83. The third kappa shape index (κ3) is 1.99. The molecule has 2 bridgehead atoms. The first kappa shape index (κ1) is 9.75. The van der Waals surface area contributed by atoms with Crippen LogP contribution in [0, 0.1) is 17.8 Å². The van der Waals surface area contributed by atoms with Gasteiger partial charge < -0.3 is 4.74 Å². The van der Waals surface area contributed by atoms with Gasteiger partial charge in [-0.25, -0.2) is 4.79 Å². The predicted octanol–water partition coefficient (Wildman–Crippen LogP) is 2.54. The summed E-state index contributed by atoms with van der Waals surface area (Å²) in [6, 6.07) is 0. The van der Waals surface area contributed by atoms with Gasteiger partial charge in [-0.3, -0.25) is 0 Å². The molecular formula is C12H18O2. The van der Waals surface area contributed by atoms with Gasteiger partial charge in [-0.2, -0.15) is 0 Å². The summed E-state index contributed by atoms with van der Waals surface area (Å²) in [5.41, 5.74) is 0. The summed E-state index contributed by atoms with van der Waals surface area (Å²) in [5.74, 6) is 2.26. The van der Waals surface area contributed by atoms with Crippen molar-refractivity contribution in [1.29, 1.82) is 0 Å². The Morgan fingerprint density at radius 2 is 2.29 bits per heavy atom. The lowest BCUT2D eigenvalue weighted by molar-refractivity contribution is -0.137. The van der Waals surface area contributed by atoms with Crippen LogP contribution in [-0.2, 0) is 9.53 Å². The number of rotatable bonds is 3. The predicted molar refractivity (Wildman–Crippen MR) is 54.7 cm³/mol. The molecule has 0 amide bonds. The van der Waals surface area contributed by atoms with Gasteiger partial charge in [-0.1, -0.05) is 12.5 Å². The van der Waals surface area contributed by atoms with Gasteiger partial charge in [0.05, 0.1) is 6.61 Å². The number of fused-ring (bicyclic) bond motifs is 2. The maximum atomic E-state index is 11.1. The quantitative estimate of drug-likeness (QED) is 0.510. The average molecular weight is 194 g/mol. The van der Waals surface area contributed by atoms with Gasteiger partial charge in [0, 0.05) is 6.08 Å². The molecule has 2 aliphatic rings. The molecule has 78 valence electrons. The highest BCUT2D eigenvalue weighted by Crippen LogP contribution is 2.48. The molecule has 14 heavy (non-hydrogen) atoms. The molecule has 2 fully saturated rings. The molecule has 2 rings (SSSR count). The van der Waals surface area contributed by atoms with E-state index in [0.29, 0.717) is 12.5 Å². The van der Waals surface area contributed by atoms with Gasteiger partial charge in [0.1, 0.15) is 0 Å². The number of hydrogen-bond donors (Lipinski definition) is 0. The van der Waals surface area contributed by atoms with Crippen LogP contribution < -0.4 is 0 Å². The van der Waals surface area contributed by atoms with Crippen molar-refractivity contribution < 1.29 is 9.53 Å². The van der Waals surface area contributed by atoms with Crippen molar-refractivity contribution >= 4 is 5.97 Å². The number of allylic oxidation sites excluding steroid dienone is 1. The van der Waals surface area contributed by atoms with Gasteiger partial charge >= 0.3 is 5.97 Å². The SMILES string of the molecule is CCOC(=O)/C=C\[C@H]1C[C@H]2CC[C@H]1C2. The van der Waals surface area contributed by atoms with E-state index in [1.165, 1.54) is 25.7 Å². The number of hydrogen-bond acceptors (Lipinski definition) is 2. The second-order valence-electron chi connectivity index (χ2n) is 4.45. The Kier molecular flexibility index (Phi) is 2.90. The fourth-order valence-corrected chi connectivity index (χ4v) is 2.92. The van der Waals surface area contributed by atoms with Crippen LogP contribution in [0.2, 0.25) is 0 Å². The molecule has 0 N–H and O–H groups in total. The van der Waals surface area contributed by atoms with Crippen molar-refractivity contribution in [2.45, 2.75) is 32.6 Å². The minimum absolute atomic E-state index is 0.185. The Labute approximate surface area is 85.3 Å². The molecule has 2 aliphatic carbocycles. The summed E-state index contributed by atoms with van der Waals surface area (Å²) >= 11 is 0. The largest absolute Gasteiger partial charge is 0.463 e. The topological polar surface area (TPSA) is 26.3 Å². The minimum Gasteiger partial charge on any atom is -0.463 e. The zero-order valence-corrected chi connectivity index (χ0v) is 8.74. The highest BCUT2D eigenvalue weighted by atomic mass is 16.5. The van der Waals surface area contributed by atoms with Crippen LogP contribution in [0.5, 0.6) is 0 Å². The monoisotopic (exact) mass is 194 g/mol. The van der Waals surface area contributed by atoms with Crippen LogP contribution in [-0.4, -0.2) is 12.6 Å². The lowest BCUT2D eigenvalue weighted by atomic mass is 9.89. The van der Waals surface area contributed by atoms with Crippen LogP contribution >= 0.6 is 0 Å². The highest BCUT2D eigenvalue weighted by molar-refractivity contribution is 5.81. The fourth-order valence-electron chi connectivity index (χ4n) is 2.92. The molecule has 0 aromatic rings. The molecule has 0 heterocycles.